The Hall–Kier alpha value is -1.79. The highest BCUT2D eigenvalue weighted by atomic mass is 32.2. The summed E-state index contributed by atoms with van der Waals surface area (Å²) < 4.78 is 1.45. The van der Waals surface area contributed by atoms with Crippen molar-refractivity contribution in [1.29, 1.82) is 0 Å². The molecule has 0 fully saturated rings. The maximum Gasteiger partial charge on any atom is 0.253 e. The molecule has 0 aliphatic carbocycles. The molecule has 20 heavy (non-hydrogen) atoms. The zero-order valence-electron chi connectivity index (χ0n) is 10.7. The van der Waals surface area contributed by atoms with Crippen molar-refractivity contribution >= 4 is 33.4 Å². The summed E-state index contributed by atoms with van der Waals surface area (Å²) in [6.07, 6.45) is 0. The number of rotatable bonds is 3. The zero-order valence-corrected chi connectivity index (χ0v) is 12.3. The van der Waals surface area contributed by atoms with Gasteiger partial charge in [-0.25, -0.2) is 4.98 Å². The summed E-state index contributed by atoms with van der Waals surface area (Å²) in [6, 6.07) is 9.49. The molecule has 1 aromatic carbocycles. The van der Waals surface area contributed by atoms with Gasteiger partial charge in [0.25, 0.3) is 5.56 Å². The lowest BCUT2D eigenvalue weighted by Gasteiger charge is -1.99. The van der Waals surface area contributed by atoms with Gasteiger partial charge in [0, 0.05) is 11.8 Å². The van der Waals surface area contributed by atoms with Gasteiger partial charge in [-0.15, -0.1) is 11.3 Å². The zero-order chi connectivity index (χ0) is 14.1. The van der Waals surface area contributed by atoms with Crippen LogP contribution in [0.25, 0.3) is 10.3 Å². The number of nitrogens with one attached hydrogen (secondary N) is 1. The topological polar surface area (TPSA) is 66.0 Å². The number of thioether (sulfide) groups is 1. The molecule has 2 heterocycles. The molecule has 0 spiro atoms. The first-order chi connectivity index (χ1) is 9.61. The Labute approximate surface area is 123 Å². The SMILES string of the molecule is Cc1cccc(CSc2nc3[nH]c(=O)cc(O)c3s2)c1. The van der Waals surface area contributed by atoms with Crippen LogP contribution in [0.15, 0.2) is 39.5 Å². The first-order valence-corrected chi connectivity index (χ1v) is 7.83. The molecule has 0 saturated carbocycles. The summed E-state index contributed by atoms with van der Waals surface area (Å²) in [6.45, 7) is 2.06. The molecular formula is C14H12N2O2S2. The van der Waals surface area contributed by atoms with E-state index in [2.05, 4.69) is 35.1 Å². The molecule has 102 valence electrons. The summed E-state index contributed by atoms with van der Waals surface area (Å²) in [5, 5.41) is 9.73. The van der Waals surface area contributed by atoms with Crippen molar-refractivity contribution in [3.63, 3.8) is 0 Å². The summed E-state index contributed by atoms with van der Waals surface area (Å²) in [5.74, 6) is 0.801. The Kier molecular flexibility index (Phi) is 3.50. The van der Waals surface area contributed by atoms with Gasteiger partial charge in [0.15, 0.2) is 9.99 Å². The van der Waals surface area contributed by atoms with Crippen LogP contribution in [0.3, 0.4) is 0 Å². The minimum Gasteiger partial charge on any atom is -0.506 e. The molecular weight excluding hydrogens is 292 g/mol. The second kappa shape index (κ2) is 5.30. The van der Waals surface area contributed by atoms with E-state index in [1.54, 1.807) is 11.8 Å². The van der Waals surface area contributed by atoms with E-state index in [0.717, 1.165) is 10.1 Å². The number of H-pyrrole nitrogens is 1. The van der Waals surface area contributed by atoms with Crippen molar-refractivity contribution in [3.8, 4) is 5.75 Å². The van der Waals surface area contributed by atoms with Gasteiger partial charge in [0.1, 0.15) is 10.4 Å². The fourth-order valence-corrected chi connectivity index (χ4v) is 3.87. The number of hydrogen-bond acceptors (Lipinski definition) is 5. The molecule has 3 aromatic rings. The van der Waals surface area contributed by atoms with Gasteiger partial charge in [0.2, 0.25) is 0 Å². The lowest BCUT2D eigenvalue weighted by molar-refractivity contribution is 0.481. The van der Waals surface area contributed by atoms with Crippen LogP contribution in [0.2, 0.25) is 0 Å². The Morgan fingerprint density at radius 3 is 3.05 bits per heavy atom. The van der Waals surface area contributed by atoms with Gasteiger partial charge >= 0.3 is 0 Å². The number of fused-ring (bicyclic) bond motifs is 1. The maximum atomic E-state index is 11.3. The first kappa shape index (κ1) is 13.2. The molecule has 0 radical (unpaired) electrons. The van der Waals surface area contributed by atoms with E-state index in [1.807, 2.05) is 6.07 Å². The molecule has 0 atom stereocenters. The summed E-state index contributed by atoms with van der Waals surface area (Å²) in [5.41, 5.74) is 2.57. The Balaban J connectivity index is 1.85. The molecule has 0 aliphatic heterocycles. The van der Waals surface area contributed by atoms with E-state index >= 15 is 0 Å². The minimum absolute atomic E-state index is 0.0105. The quantitative estimate of drug-likeness (QED) is 0.729. The van der Waals surface area contributed by atoms with E-state index in [9.17, 15) is 9.90 Å². The summed E-state index contributed by atoms with van der Waals surface area (Å²) in [7, 11) is 0. The van der Waals surface area contributed by atoms with Crippen LogP contribution in [0, 0.1) is 6.92 Å². The number of benzene rings is 1. The Morgan fingerprint density at radius 2 is 2.25 bits per heavy atom. The van der Waals surface area contributed by atoms with E-state index in [0.29, 0.717) is 10.3 Å². The number of aromatic hydroxyl groups is 1. The molecule has 4 nitrogen and oxygen atoms in total. The van der Waals surface area contributed by atoms with Gasteiger partial charge in [-0.3, -0.25) is 4.79 Å². The number of thiazole rings is 1. The van der Waals surface area contributed by atoms with Crippen LogP contribution in [0.5, 0.6) is 5.75 Å². The van der Waals surface area contributed by atoms with Gasteiger partial charge in [0.05, 0.1) is 0 Å². The van der Waals surface area contributed by atoms with Gasteiger partial charge < -0.3 is 10.1 Å². The maximum absolute atomic E-state index is 11.3. The largest absolute Gasteiger partial charge is 0.506 e. The van der Waals surface area contributed by atoms with Gasteiger partial charge in [-0.1, -0.05) is 41.6 Å². The van der Waals surface area contributed by atoms with Crippen LogP contribution in [-0.4, -0.2) is 15.1 Å². The smallest absolute Gasteiger partial charge is 0.253 e. The van der Waals surface area contributed by atoms with Crippen LogP contribution in [0.1, 0.15) is 11.1 Å². The van der Waals surface area contributed by atoms with Crippen LogP contribution >= 0.6 is 23.1 Å². The van der Waals surface area contributed by atoms with Crippen molar-refractivity contribution in [1.82, 2.24) is 9.97 Å². The van der Waals surface area contributed by atoms with E-state index < -0.39 is 0 Å². The third-order valence-corrected chi connectivity index (χ3v) is 5.09. The third kappa shape index (κ3) is 2.71. The van der Waals surface area contributed by atoms with Crippen molar-refractivity contribution in [2.24, 2.45) is 0 Å². The lowest BCUT2D eigenvalue weighted by Crippen LogP contribution is -2.02. The first-order valence-electron chi connectivity index (χ1n) is 6.03. The van der Waals surface area contributed by atoms with Crippen LogP contribution in [0.4, 0.5) is 0 Å². The minimum atomic E-state index is -0.337. The molecule has 0 bridgehead atoms. The average molecular weight is 304 g/mol. The number of aromatic nitrogens is 2. The number of aromatic amines is 1. The average Bonchev–Trinajstić information content (AvgIpc) is 2.80. The van der Waals surface area contributed by atoms with Gasteiger partial charge in [-0.2, -0.15) is 0 Å². The molecule has 0 unspecified atom stereocenters. The highest BCUT2D eigenvalue weighted by Gasteiger charge is 2.10. The monoisotopic (exact) mass is 304 g/mol. The van der Waals surface area contributed by atoms with Crippen molar-refractivity contribution in [3.05, 3.63) is 51.8 Å². The van der Waals surface area contributed by atoms with Crippen molar-refractivity contribution in [2.45, 2.75) is 17.0 Å². The predicted molar refractivity (Wildman–Crippen MR) is 82.6 cm³/mol. The van der Waals surface area contributed by atoms with Crippen molar-refractivity contribution < 1.29 is 5.11 Å². The fraction of sp³-hybridized carbons (Fsp3) is 0.143. The normalized spacial score (nSPS) is 11.1. The van der Waals surface area contributed by atoms with Crippen LogP contribution < -0.4 is 5.56 Å². The second-order valence-corrected chi connectivity index (χ2v) is 6.68. The molecule has 2 aromatic heterocycles. The number of pyridine rings is 1. The van der Waals surface area contributed by atoms with Gasteiger partial charge in [-0.05, 0) is 12.5 Å². The standard InChI is InChI=1S/C14H12N2O2S2/c1-8-3-2-4-9(5-8)7-19-14-16-13-12(20-14)10(17)6-11(18)15-13/h2-6H,7H2,1H3,(H2,15,17,18). The fourth-order valence-electron chi connectivity index (χ4n) is 1.91. The highest BCUT2D eigenvalue weighted by molar-refractivity contribution is 8.00. The van der Waals surface area contributed by atoms with Crippen molar-refractivity contribution in [2.75, 3.05) is 0 Å². The summed E-state index contributed by atoms with van der Waals surface area (Å²) in [4.78, 5) is 18.2. The lowest BCUT2D eigenvalue weighted by atomic mass is 10.2. The van der Waals surface area contributed by atoms with E-state index in [-0.39, 0.29) is 11.3 Å². The molecule has 0 saturated heterocycles. The van der Waals surface area contributed by atoms with E-state index in [1.165, 1.54) is 28.5 Å². The Morgan fingerprint density at radius 1 is 1.40 bits per heavy atom. The third-order valence-electron chi connectivity index (χ3n) is 2.79. The summed E-state index contributed by atoms with van der Waals surface area (Å²) >= 11 is 2.98. The number of aryl methyl sites for hydroxylation is 1. The number of hydrogen-bond donors (Lipinski definition) is 2. The molecule has 0 amide bonds. The molecule has 0 aliphatic rings. The predicted octanol–water partition coefficient (Wildman–Crippen LogP) is 3.29. The van der Waals surface area contributed by atoms with Crippen LogP contribution in [-0.2, 0) is 5.75 Å². The molecule has 2 N–H and O–H groups in total. The molecule has 3 rings (SSSR count). The highest BCUT2D eigenvalue weighted by Crippen LogP contribution is 2.34. The Bertz CT molecular complexity index is 823. The molecule has 6 heteroatoms. The van der Waals surface area contributed by atoms with E-state index in [4.69, 9.17) is 0 Å². The second-order valence-electron chi connectivity index (χ2n) is 4.45. The number of nitrogens with zero attached hydrogens (tertiary/aromatic N) is 1.